The summed E-state index contributed by atoms with van der Waals surface area (Å²) in [5.74, 6) is -0.0262. The Bertz CT molecular complexity index is 1300. The van der Waals surface area contributed by atoms with Crippen LogP contribution in [-0.4, -0.2) is 47.4 Å². The third-order valence-corrected chi connectivity index (χ3v) is 16.9. The maximum Gasteiger partial charge on any atom is 0.305 e. The predicted octanol–water partition coefficient (Wildman–Crippen LogP) is 23.5. The number of carbonyl (C=O) groups is 2. The summed E-state index contributed by atoms with van der Waals surface area (Å²) in [6.45, 7) is 4.96. The van der Waals surface area contributed by atoms with Gasteiger partial charge in [-0.2, -0.15) is 0 Å². The molecule has 2 atom stereocenters. The van der Waals surface area contributed by atoms with Crippen LogP contribution in [0.25, 0.3) is 0 Å². The number of aliphatic hydroxyl groups excluding tert-OH is 2. The molecule has 0 fully saturated rings. The summed E-state index contributed by atoms with van der Waals surface area (Å²) in [6.07, 6.45) is 89.0. The number of amides is 1. The van der Waals surface area contributed by atoms with E-state index in [0.717, 1.165) is 51.4 Å². The maximum atomic E-state index is 12.5. The second-order valence-corrected chi connectivity index (χ2v) is 24.9. The second-order valence-electron chi connectivity index (χ2n) is 24.9. The standard InChI is InChI=1S/C74H141NO5/c1-3-5-7-9-11-13-15-17-19-21-23-31-34-38-42-46-50-54-58-62-66-72(77)71(70-76)75-73(78)67-63-59-55-51-47-43-39-35-32-28-26-24-25-27-29-33-37-41-45-49-53-57-61-65-69-80-74(79)68-64-60-56-52-48-44-40-36-30-22-20-18-16-14-12-10-8-6-4-2/h12,14,18,20,26,28,71-72,76-77H,3-11,13,15-17,19,21-25,27,29-70H2,1-2H3,(H,75,78)/b14-12-,20-18-,28-26-. The smallest absolute Gasteiger partial charge is 0.305 e. The van der Waals surface area contributed by atoms with E-state index in [1.807, 2.05) is 0 Å². The largest absolute Gasteiger partial charge is 0.466 e. The van der Waals surface area contributed by atoms with Gasteiger partial charge in [0.15, 0.2) is 0 Å². The Balaban J connectivity index is 3.39. The van der Waals surface area contributed by atoms with Crippen LogP contribution in [0.2, 0.25) is 0 Å². The molecule has 3 N–H and O–H groups in total. The van der Waals surface area contributed by atoms with Crippen LogP contribution in [0.5, 0.6) is 0 Å². The molecule has 0 saturated carbocycles. The molecule has 0 aliphatic heterocycles. The van der Waals surface area contributed by atoms with E-state index in [1.165, 1.54) is 315 Å². The van der Waals surface area contributed by atoms with Gasteiger partial charge in [-0.1, -0.05) is 339 Å². The molecule has 0 spiro atoms. The Kier molecular flexibility index (Phi) is 67.9. The van der Waals surface area contributed by atoms with E-state index in [-0.39, 0.29) is 18.5 Å². The first-order valence-electron chi connectivity index (χ1n) is 36.2. The minimum Gasteiger partial charge on any atom is -0.466 e. The number of nitrogens with one attached hydrogen (secondary N) is 1. The van der Waals surface area contributed by atoms with Gasteiger partial charge in [-0.3, -0.25) is 9.59 Å². The lowest BCUT2D eigenvalue weighted by molar-refractivity contribution is -0.143. The predicted molar refractivity (Wildman–Crippen MR) is 352 cm³/mol. The van der Waals surface area contributed by atoms with Gasteiger partial charge in [0.2, 0.25) is 5.91 Å². The highest BCUT2D eigenvalue weighted by Gasteiger charge is 2.20. The second kappa shape index (κ2) is 69.6. The highest BCUT2D eigenvalue weighted by Crippen LogP contribution is 2.19. The molecule has 472 valence electrons. The molecule has 0 rings (SSSR count). The number of esters is 1. The van der Waals surface area contributed by atoms with Gasteiger partial charge in [0.25, 0.3) is 0 Å². The van der Waals surface area contributed by atoms with Crippen LogP contribution in [0.15, 0.2) is 36.5 Å². The highest BCUT2D eigenvalue weighted by atomic mass is 16.5. The lowest BCUT2D eigenvalue weighted by Crippen LogP contribution is -2.45. The van der Waals surface area contributed by atoms with E-state index in [1.54, 1.807) is 0 Å². The summed E-state index contributed by atoms with van der Waals surface area (Å²) in [7, 11) is 0. The molecule has 80 heavy (non-hydrogen) atoms. The molecule has 6 nitrogen and oxygen atoms in total. The van der Waals surface area contributed by atoms with Gasteiger partial charge in [0.1, 0.15) is 0 Å². The van der Waals surface area contributed by atoms with Gasteiger partial charge in [-0.25, -0.2) is 0 Å². The van der Waals surface area contributed by atoms with E-state index < -0.39 is 12.1 Å². The van der Waals surface area contributed by atoms with Crippen molar-refractivity contribution < 1.29 is 24.5 Å². The zero-order valence-corrected chi connectivity index (χ0v) is 54.1. The molecule has 0 aromatic rings. The van der Waals surface area contributed by atoms with E-state index in [4.69, 9.17) is 4.74 Å². The van der Waals surface area contributed by atoms with E-state index in [9.17, 15) is 19.8 Å². The van der Waals surface area contributed by atoms with Gasteiger partial charge < -0.3 is 20.3 Å². The fourth-order valence-electron chi connectivity index (χ4n) is 11.4. The number of rotatable bonds is 68. The maximum absolute atomic E-state index is 12.5. The van der Waals surface area contributed by atoms with Gasteiger partial charge in [-0.05, 0) is 83.5 Å². The molecule has 0 saturated heterocycles. The van der Waals surface area contributed by atoms with Gasteiger partial charge in [0.05, 0.1) is 25.4 Å². The molecule has 0 aromatic heterocycles. The Morgan fingerprint density at radius 2 is 0.625 bits per heavy atom. The third kappa shape index (κ3) is 65.2. The van der Waals surface area contributed by atoms with E-state index >= 15 is 0 Å². The zero-order chi connectivity index (χ0) is 57.8. The molecule has 2 unspecified atom stereocenters. The summed E-state index contributed by atoms with van der Waals surface area (Å²) in [5, 5.41) is 23.4. The van der Waals surface area contributed by atoms with Crippen molar-refractivity contribution in [3.05, 3.63) is 36.5 Å². The topological polar surface area (TPSA) is 95.9 Å². The average Bonchev–Trinajstić information content (AvgIpc) is 3.46. The fraction of sp³-hybridized carbons (Fsp3) is 0.892. The van der Waals surface area contributed by atoms with Crippen LogP contribution in [0.3, 0.4) is 0 Å². The molecule has 0 bridgehead atoms. The van der Waals surface area contributed by atoms with Crippen molar-refractivity contribution in [3.63, 3.8) is 0 Å². The first kappa shape index (κ1) is 78.1. The van der Waals surface area contributed by atoms with Crippen molar-refractivity contribution in [2.24, 2.45) is 0 Å². The lowest BCUT2D eigenvalue weighted by Gasteiger charge is -2.22. The van der Waals surface area contributed by atoms with E-state index in [2.05, 4.69) is 55.6 Å². The number of unbranched alkanes of at least 4 members (excludes halogenated alkanes) is 51. The van der Waals surface area contributed by atoms with Gasteiger partial charge in [0, 0.05) is 12.8 Å². The molecule has 6 heteroatoms. The van der Waals surface area contributed by atoms with Crippen LogP contribution in [0, 0.1) is 0 Å². The first-order valence-corrected chi connectivity index (χ1v) is 36.2. The summed E-state index contributed by atoms with van der Waals surface area (Å²) in [6, 6.07) is -0.546. The van der Waals surface area contributed by atoms with Crippen molar-refractivity contribution in [2.75, 3.05) is 13.2 Å². The Hall–Kier alpha value is -1.92. The van der Waals surface area contributed by atoms with Crippen molar-refractivity contribution in [1.29, 1.82) is 0 Å². The average molecular weight is 1120 g/mol. The molecular formula is C74H141NO5. The van der Waals surface area contributed by atoms with Crippen LogP contribution in [-0.2, 0) is 14.3 Å². The number of aliphatic hydroxyl groups is 2. The Morgan fingerprint density at radius 1 is 0.350 bits per heavy atom. The van der Waals surface area contributed by atoms with Gasteiger partial charge in [-0.15, -0.1) is 0 Å². The van der Waals surface area contributed by atoms with Crippen molar-refractivity contribution in [3.8, 4) is 0 Å². The van der Waals surface area contributed by atoms with Crippen LogP contribution < -0.4 is 5.32 Å². The number of allylic oxidation sites excluding steroid dienone is 6. The normalized spacial score (nSPS) is 12.7. The number of hydrogen-bond donors (Lipinski definition) is 3. The van der Waals surface area contributed by atoms with E-state index in [0.29, 0.717) is 25.9 Å². The fourth-order valence-corrected chi connectivity index (χ4v) is 11.4. The monoisotopic (exact) mass is 1120 g/mol. The minimum absolute atomic E-state index is 0.00948. The first-order chi connectivity index (χ1) is 39.5. The lowest BCUT2D eigenvalue weighted by atomic mass is 10.0. The molecular weight excluding hydrogens is 983 g/mol. The number of ether oxygens (including phenoxy) is 1. The molecule has 0 aliphatic rings. The summed E-state index contributed by atoms with van der Waals surface area (Å²) in [5.41, 5.74) is 0. The Morgan fingerprint density at radius 3 is 0.988 bits per heavy atom. The summed E-state index contributed by atoms with van der Waals surface area (Å²) in [4.78, 5) is 24.7. The molecule has 0 aliphatic carbocycles. The van der Waals surface area contributed by atoms with Crippen LogP contribution >= 0.6 is 0 Å². The summed E-state index contributed by atoms with van der Waals surface area (Å²) < 4.78 is 5.51. The quantitative estimate of drug-likeness (QED) is 0.0320. The summed E-state index contributed by atoms with van der Waals surface area (Å²) >= 11 is 0. The minimum atomic E-state index is -0.669. The zero-order valence-electron chi connectivity index (χ0n) is 54.1. The molecule has 0 heterocycles. The van der Waals surface area contributed by atoms with Crippen molar-refractivity contribution in [2.45, 2.75) is 411 Å². The molecule has 1 amide bonds. The number of carbonyl (C=O) groups excluding carboxylic acids is 2. The van der Waals surface area contributed by atoms with Crippen molar-refractivity contribution >= 4 is 11.9 Å². The SMILES string of the molecule is CCCCC/C=C\C/C=C\CCCCCCCCCCCC(=O)OCCCCCCCCCCCCCC/C=C\CCCCCCCCCCC(=O)NC(CO)C(O)CCCCCCCCCCCCCCCCCCCCCC. The molecule has 0 aromatic carbocycles. The number of hydrogen-bond acceptors (Lipinski definition) is 5. The van der Waals surface area contributed by atoms with Gasteiger partial charge >= 0.3 is 5.97 Å². The van der Waals surface area contributed by atoms with Crippen LogP contribution in [0.4, 0.5) is 0 Å². The molecule has 0 radical (unpaired) electrons. The van der Waals surface area contributed by atoms with Crippen LogP contribution in [0.1, 0.15) is 399 Å². The third-order valence-electron chi connectivity index (χ3n) is 16.9. The van der Waals surface area contributed by atoms with Crippen molar-refractivity contribution in [1.82, 2.24) is 5.32 Å². The Labute approximate surface area is 500 Å². The highest BCUT2D eigenvalue weighted by molar-refractivity contribution is 5.76.